The van der Waals surface area contributed by atoms with Crippen LogP contribution in [-0.4, -0.2) is 11.5 Å². The Morgan fingerprint density at radius 1 is 1.28 bits per heavy atom. The summed E-state index contributed by atoms with van der Waals surface area (Å²) in [5.74, 6) is 0.149. The Labute approximate surface area is 105 Å². The first kappa shape index (κ1) is 12.1. The van der Waals surface area contributed by atoms with Crippen molar-refractivity contribution in [1.82, 2.24) is 4.98 Å². The zero-order valence-corrected chi connectivity index (χ0v) is 9.86. The van der Waals surface area contributed by atoms with E-state index in [0.29, 0.717) is 18.1 Å². The number of pyridine rings is 1. The lowest BCUT2D eigenvalue weighted by molar-refractivity contribution is 0.628. The molecular weight excluding hydrogens is 229 g/mol. The van der Waals surface area contributed by atoms with Crippen LogP contribution in [0.3, 0.4) is 0 Å². The van der Waals surface area contributed by atoms with Gasteiger partial charge in [-0.1, -0.05) is 6.08 Å². The van der Waals surface area contributed by atoms with Gasteiger partial charge in [-0.25, -0.2) is 9.37 Å². The molecule has 0 bridgehead atoms. The molecule has 2 rings (SSSR count). The normalized spacial score (nSPS) is 10.1. The van der Waals surface area contributed by atoms with E-state index in [2.05, 4.69) is 16.9 Å². The van der Waals surface area contributed by atoms with Crippen LogP contribution in [0.25, 0.3) is 11.3 Å². The van der Waals surface area contributed by atoms with Gasteiger partial charge in [-0.15, -0.1) is 6.58 Å². The van der Waals surface area contributed by atoms with Crippen LogP contribution in [-0.2, 0) is 0 Å². The van der Waals surface area contributed by atoms with Gasteiger partial charge < -0.3 is 11.1 Å². The average molecular weight is 243 g/mol. The third-order valence-electron chi connectivity index (χ3n) is 2.44. The molecule has 92 valence electrons. The zero-order valence-electron chi connectivity index (χ0n) is 9.86. The Hall–Kier alpha value is -2.36. The first-order valence-corrected chi connectivity index (χ1v) is 5.57. The van der Waals surface area contributed by atoms with E-state index in [-0.39, 0.29) is 5.82 Å². The van der Waals surface area contributed by atoms with Crippen molar-refractivity contribution in [3.05, 3.63) is 54.9 Å². The molecule has 0 aliphatic carbocycles. The maximum Gasteiger partial charge on any atom is 0.126 e. The van der Waals surface area contributed by atoms with Gasteiger partial charge >= 0.3 is 0 Å². The van der Waals surface area contributed by atoms with E-state index in [1.165, 1.54) is 12.1 Å². The lowest BCUT2D eigenvalue weighted by Crippen LogP contribution is -2.01. The quantitative estimate of drug-likeness (QED) is 0.811. The minimum Gasteiger partial charge on any atom is -0.384 e. The molecule has 0 aliphatic heterocycles. The molecule has 0 radical (unpaired) electrons. The molecule has 0 fully saturated rings. The number of anilines is 2. The Balaban J connectivity index is 2.35. The number of halogens is 1. The highest BCUT2D eigenvalue weighted by atomic mass is 19.1. The third-order valence-corrected chi connectivity index (χ3v) is 2.44. The van der Waals surface area contributed by atoms with Crippen molar-refractivity contribution in [2.24, 2.45) is 0 Å². The molecule has 1 heterocycles. The molecule has 0 atom stereocenters. The van der Waals surface area contributed by atoms with E-state index in [4.69, 9.17) is 5.73 Å². The first-order chi connectivity index (χ1) is 8.69. The van der Waals surface area contributed by atoms with Gasteiger partial charge in [0.1, 0.15) is 11.6 Å². The summed E-state index contributed by atoms with van der Waals surface area (Å²) in [5, 5.41) is 3.14. The average Bonchev–Trinajstić information content (AvgIpc) is 2.36. The van der Waals surface area contributed by atoms with Crippen molar-refractivity contribution in [3.63, 3.8) is 0 Å². The van der Waals surface area contributed by atoms with E-state index in [1.807, 2.05) is 6.07 Å². The molecule has 18 heavy (non-hydrogen) atoms. The second kappa shape index (κ2) is 5.31. The van der Waals surface area contributed by atoms with Gasteiger partial charge in [0.15, 0.2) is 0 Å². The van der Waals surface area contributed by atoms with Crippen molar-refractivity contribution in [2.75, 3.05) is 17.6 Å². The lowest BCUT2D eigenvalue weighted by Gasteiger charge is -2.08. The van der Waals surface area contributed by atoms with Gasteiger partial charge in [0, 0.05) is 23.9 Å². The molecule has 0 saturated carbocycles. The first-order valence-electron chi connectivity index (χ1n) is 5.57. The minimum absolute atomic E-state index is 0.271. The topological polar surface area (TPSA) is 50.9 Å². The van der Waals surface area contributed by atoms with Gasteiger partial charge in [0.05, 0.1) is 5.69 Å². The van der Waals surface area contributed by atoms with Crippen molar-refractivity contribution < 1.29 is 4.39 Å². The lowest BCUT2D eigenvalue weighted by atomic mass is 10.1. The second-order valence-electron chi connectivity index (χ2n) is 3.84. The van der Waals surface area contributed by atoms with Crippen LogP contribution >= 0.6 is 0 Å². The SMILES string of the molecule is C=CCNc1cc(N)nc(-c2ccc(F)cc2)c1. The number of nitrogens with one attached hydrogen (secondary N) is 1. The van der Waals surface area contributed by atoms with Crippen molar-refractivity contribution in [2.45, 2.75) is 0 Å². The number of nitrogens with two attached hydrogens (primary N) is 1. The number of hydrogen-bond donors (Lipinski definition) is 2. The molecule has 1 aromatic carbocycles. The minimum atomic E-state index is -0.271. The van der Waals surface area contributed by atoms with Gasteiger partial charge in [-0.05, 0) is 30.3 Å². The van der Waals surface area contributed by atoms with Crippen LogP contribution in [0.4, 0.5) is 15.9 Å². The van der Waals surface area contributed by atoms with Crippen LogP contribution in [0.5, 0.6) is 0 Å². The summed E-state index contributed by atoms with van der Waals surface area (Å²) in [5.41, 5.74) is 8.14. The Morgan fingerprint density at radius 2 is 2.00 bits per heavy atom. The van der Waals surface area contributed by atoms with Crippen LogP contribution in [0, 0.1) is 5.82 Å². The highest BCUT2D eigenvalue weighted by Gasteiger charge is 2.03. The Kier molecular flexibility index (Phi) is 3.57. The van der Waals surface area contributed by atoms with Crippen molar-refractivity contribution in [1.29, 1.82) is 0 Å². The molecule has 2 aromatic rings. The Morgan fingerprint density at radius 3 is 2.67 bits per heavy atom. The molecule has 0 aliphatic rings. The summed E-state index contributed by atoms with van der Waals surface area (Å²) >= 11 is 0. The fourth-order valence-corrected chi connectivity index (χ4v) is 1.61. The molecule has 3 nitrogen and oxygen atoms in total. The molecule has 0 unspecified atom stereocenters. The number of rotatable bonds is 4. The number of benzene rings is 1. The smallest absolute Gasteiger partial charge is 0.126 e. The van der Waals surface area contributed by atoms with Gasteiger partial charge in [-0.3, -0.25) is 0 Å². The van der Waals surface area contributed by atoms with Gasteiger partial charge in [-0.2, -0.15) is 0 Å². The van der Waals surface area contributed by atoms with E-state index < -0.39 is 0 Å². The maximum atomic E-state index is 12.9. The summed E-state index contributed by atoms with van der Waals surface area (Å²) in [4.78, 5) is 4.23. The summed E-state index contributed by atoms with van der Waals surface area (Å²) in [7, 11) is 0. The molecule has 0 amide bonds. The fourth-order valence-electron chi connectivity index (χ4n) is 1.61. The van der Waals surface area contributed by atoms with E-state index in [1.54, 1.807) is 24.3 Å². The molecule has 0 saturated heterocycles. The van der Waals surface area contributed by atoms with Gasteiger partial charge in [0.25, 0.3) is 0 Å². The number of hydrogen-bond acceptors (Lipinski definition) is 3. The predicted molar refractivity (Wildman–Crippen MR) is 72.7 cm³/mol. The Bertz CT molecular complexity index is 549. The summed E-state index contributed by atoms with van der Waals surface area (Å²) in [6.07, 6.45) is 1.76. The van der Waals surface area contributed by atoms with E-state index in [9.17, 15) is 4.39 Å². The van der Waals surface area contributed by atoms with Gasteiger partial charge in [0.2, 0.25) is 0 Å². The molecule has 0 spiro atoms. The highest BCUT2D eigenvalue weighted by molar-refractivity contribution is 5.67. The number of nitrogen functional groups attached to an aromatic ring is 1. The monoisotopic (exact) mass is 243 g/mol. The maximum absolute atomic E-state index is 12.9. The van der Waals surface area contributed by atoms with Crippen LogP contribution in [0.1, 0.15) is 0 Å². The molecule has 1 aromatic heterocycles. The molecule has 3 N–H and O–H groups in total. The largest absolute Gasteiger partial charge is 0.384 e. The van der Waals surface area contributed by atoms with Crippen LogP contribution in [0.15, 0.2) is 49.1 Å². The zero-order chi connectivity index (χ0) is 13.0. The third kappa shape index (κ3) is 2.85. The van der Waals surface area contributed by atoms with Crippen molar-refractivity contribution >= 4 is 11.5 Å². The number of aromatic nitrogens is 1. The second-order valence-corrected chi connectivity index (χ2v) is 3.84. The van der Waals surface area contributed by atoms with Crippen molar-refractivity contribution in [3.8, 4) is 11.3 Å². The summed E-state index contributed by atoms with van der Waals surface area (Å²) in [6.45, 7) is 4.28. The van der Waals surface area contributed by atoms with Crippen LogP contribution in [0.2, 0.25) is 0 Å². The predicted octanol–water partition coefficient (Wildman–Crippen LogP) is 3.07. The molecular formula is C14H14FN3. The standard InChI is InChI=1S/C14H14FN3/c1-2-7-17-12-8-13(18-14(16)9-12)10-3-5-11(15)6-4-10/h2-6,8-9H,1,7H2,(H3,16,17,18). The molecule has 4 heteroatoms. The highest BCUT2D eigenvalue weighted by Crippen LogP contribution is 2.22. The van der Waals surface area contributed by atoms with E-state index in [0.717, 1.165) is 11.3 Å². The fraction of sp³-hybridized carbons (Fsp3) is 0.0714. The summed E-state index contributed by atoms with van der Waals surface area (Å²) in [6, 6.07) is 9.76. The van der Waals surface area contributed by atoms with E-state index >= 15 is 0 Å². The number of nitrogens with zero attached hydrogens (tertiary/aromatic N) is 1. The van der Waals surface area contributed by atoms with Crippen LogP contribution < -0.4 is 11.1 Å². The summed E-state index contributed by atoms with van der Waals surface area (Å²) < 4.78 is 12.9.